The lowest BCUT2D eigenvalue weighted by Crippen LogP contribution is -2.66. The molecule has 19 heavy (non-hydrogen) atoms. The van der Waals surface area contributed by atoms with Crippen molar-refractivity contribution in [2.45, 2.75) is 63.6 Å². The van der Waals surface area contributed by atoms with Crippen LogP contribution in [0.25, 0.3) is 0 Å². The molecule has 1 aliphatic carbocycles. The smallest absolute Gasteiger partial charge is 0.0764 e. The Labute approximate surface area is 116 Å². The highest BCUT2D eigenvalue weighted by atomic mass is 15.3. The fourth-order valence-corrected chi connectivity index (χ4v) is 3.42. The molecule has 106 valence electrons. The van der Waals surface area contributed by atoms with E-state index in [2.05, 4.69) is 28.8 Å². The summed E-state index contributed by atoms with van der Waals surface area (Å²) in [4.78, 5) is 2.40. The van der Waals surface area contributed by atoms with Crippen LogP contribution in [0.4, 0.5) is 0 Å². The van der Waals surface area contributed by atoms with E-state index >= 15 is 0 Å². The first kappa shape index (κ1) is 13.1. The predicted octanol–water partition coefficient (Wildman–Crippen LogP) is 2.31. The number of rotatable bonds is 4. The molecule has 1 aromatic rings. The Bertz CT molecular complexity index is 414. The summed E-state index contributed by atoms with van der Waals surface area (Å²) in [6, 6.07) is 2.82. The normalized spacial score (nSPS) is 24.3. The minimum Gasteiger partial charge on any atom is -0.323 e. The maximum Gasteiger partial charge on any atom is 0.0764 e. The van der Waals surface area contributed by atoms with Crippen LogP contribution in [0.1, 0.15) is 57.2 Å². The van der Waals surface area contributed by atoms with Crippen LogP contribution in [0.3, 0.4) is 0 Å². The van der Waals surface area contributed by atoms with Gasteiger partial charge in [0, 0.05) is 31.4 Å². The van der Waals surface area contributed by atoms with Gasteiger partial charge in [0.2, 0.25) is 0 Å². The van der Waals surface area contributed by atoms with Crippen LogP contribution in [-0.2, 0) is 6.54 Å². The second kappa shape index (κ2) is 5.25. The Kier molecular flexibility index (Phi) is 3.63. The second-order valence-corrected chi connectivity index (χ2v) is 6.44. The van der Waals surface area contributed by atoms with Crippen molar-refractivity contribution in [3.8, 4) is 0 Å². The van der Waals surface area contributed by atoms with Gasteiger partial charge in [-0.25, -0.2) is 0 Å². The zero-order chi connectivity index (χ0) is 13.3. The summed E-state index contributed by atoms with van der Waals surface area (Å²) in [5, 5.41) is 4.76. The molecule has 0 spiro atoms. The van der Waals surface area contributed by atoms with Gasteiger partial charge in [-0.15, -0.1) is 0 Å². The van der Waals surface area contributed by atoms with Crippen LogP contribution in [0.2, 0.25) is 0 Å². The fraction of sp³-hybridized carbons (Fsp3) is 0.800. The average Bonchev–Trinajstić information content (AvgIpc) is 2.86. The molecule has 2 heterocycles. The first-order chi connectivity index (χ1) is 9.18. The molecule has 0 unspecified atom stereocenters. The van der Waals surface area contributed by atoms with Crippen LogP contribution in [0, 0.1) is 0 Å². The number of likely N-dealkylation sites (tertiary alicyclic amines) is 1. The van der Waals surface area contributed by atoms with E-state index in [4.69, 9.17) is 10.8 Å². The zero-order valence-electron chi connectivity index (χ0n) is 12.0. The summed E-state index contributed by atoms with van der Waals surface area (Å²) in [6.07, 6.45) is 9.95. The van der Waals surface area contributed by atoms with Gasteiger partial charge in [-0.1, -0.05) is 26.2 Å². The van der Waals surface area contributed by atoms with Crippen molar-refractivity contribution in [1.82, 2.24) is 14.7 Å². The maximum atomic E-state index is 6.20. The quantitative estimate of drug-likeness (QED) is 0.906. The van der Waals surface area contributed by atoms with E-state index in [0.29, 0.717) is 6.04 Å². The molecule has 1 aliphatic heterocycles. The molecule has 3 rings (SSSR count). The highest BCUT2D eigenvalue weighted by Gasteiger charge is 2.37. The molecule has 0 bridgehead atoms. The standard InChI is InChI=1S/C15H26N4/c1-2-15(16)11-18(12-15)10-13-8-9-19(17-13)14-6-4-3-5-7-14/h8-9,14H,2-7,10-12,16H2,1H3. The zero-order valence-corrected chi connectivity index (χ0v) is 12.0. The van der Waals surface area contributed by atoms with E-state index in [1.165, 1.54) is 37.8 Å². The molecule has 1 saturated heterocycles. The molecule has 0 amide bonds. The van der Waals surface area contributed by atoms with E-state index in [1.807, 2.05) is 0 Å². The van der Waals surface area contributed by atoms with Crippen LogP contribution < -0.4 is 5.73 Å². The second-order valence-electron chi connectivity index (χ2n) is 6.44. The number of aromatic nitrogens is 2. The minimum atomic E-state index is 0.0614. The van der Waals surface area contributed by atoms with Crippen LogP contribution >= 0.6 is 0 Å². The number of hydrogen-bond donors (Lipinski definition) is 1. The third kappa shape index (κ3) is 2.84. The van der Waals surface area contributed by atoms with E-state index in [-0.39, 0.29) is 5.54 Å². The SMILES string of the molecule is CCC1(N)CN(Cc2ccn(C3CCCCC3)n2)C1. The van der Waals surface area contributed by atoms with E-state index in [1.54, 1.807) is 0 Å². The maximum absolute atomic E-state index is 6.20. The van der Waals surface area contributed by atoms with Gasteiger partial charge in [-0.2, -0.15) is 5.10 Å². The Hall–Kier alpha value is -0.870. The van der Waals surface area contributed by atoms with Crippen molar-refractivity contribution < 1.29 is 0 Å². The summed E-state index contributed by atoms with van der Waals surface area (Å²) < 4.78 is 2.20. The van der Waals surface area contributed by atoms with Gasteiger partial charge in [-0.3, -0.25) is 9.58 Å². The van der Waals surface area contributed by atoms with Gasteiger partial charge in [0.05, 0.1) is 11.7 Å². The van der Waals surface area contributed by atoms with Crippen molar-refractivity contribution in [3.63, 3.8) is 0 Å². The number of nitrogens with two attached hydrogens (primary N) is 1. The highest BCUT2D eigenvalue weighted by Crippen LogP contribution is 2.28. The first-order valence-electron chi connectivity index (χ1n) is 7.74. The van der Waals surface area contributed by atoms with Crippen LogP contribution in [0.15, 0.2) is 12.3 Å². The predicted molar refractivity (Wildman–Crippen MR) is 76.8 cm³/mol. The van der Waals surface area contributed by atoms with Gasteiger partial charge in [-0.05, 0) is 25.3 Å². The van der Waals surface area contributed by atoms with Gasteiger partial charge in [0.15, 0.2) is 0 Å². The fourth-order valence-electron chi connectivity index (χ4n) is 3.42. The Morgan fingerprint density at radius 1 is 1.32 bits per heavy atom. The molecule has 0 atom stereocenters. The Balaban J connectivity index is 1.54. The molecule has 4 heteroatoms. The largest absolute Gasteiger partial charge is 0.323 e. The third-order valence-electron chi connectivity index (χ3n) is 4.78. The average molecular weight is 262 g/mol. The van der Waals surface area contributed by atoms with Gasteiger partial charge in [0.25, 0.3) is 0 Å². The van der Waals surface area contributed by atoms with Crippen molar-refractivity contribution >= 4 is 0 Å². The van der Waals surface area contributed by atoms with Crippen LogP contribution in [0.5, 0.6) is 0 Å². The molecule has 2 N–H and O–H groups in total. The van der Waals surface area contributed by atoms with Crippen molar-refractivity contribution in [3.05, 3.63) is 18.0 Å². The number of nitrogens with zero attached hydrogens (tertiary/aromatic N) is 3. The van der Waals surface area contributed by atoms with Gasteiger partial charge >= 0.3 is 0 Å². The Morgan fingerprint density at radius 2 is 2.05 bits per heavy atom. The van der Waals surface area contributed by atoms with Crippen molar-refractivity contribution in [2.24, 2.45) is 5.73 Å². The van der Waals surface area contributed by atoms with Gasteiger partial charge in [0.1, 0.15) is 0 Å². The molecule has 4 nitrogen and oxygen atoms in total. The molecule has 0 radical (unpaired) electrons. The molecule has 2 aliphatic rings. The van der Waals surface area contributed by atoms with Gasteiger partial charge < -0.3 is 5.73 Å². The molecule has 0 aromatic carbocycles. The molecule has 2 fully saturated rings. The molecular weight excluding hydrogens is 236 g/mol. The monoisotopic (exact) mass is 262 g/mol. The highest BCUT2D eigenvalue weighted by molar-refractivity contribution is 5.05. The lowest BCUT2D eigenvalue weighted by atomic mass is 9.88. The van der Waals surface area contributed by atoms with Crippen molar-refractivity contribution in [1.29, 1.82) is 0 Å². The van der Waals surface area contributed by atoms with Crippen LogP contribution in [-0.4, -0.2) is 33.3 Å². The first-order valence-corrected chi connectivity index (χ1v) is 7.74. The van der Waals surface area contributed by atoms with E-state index < -0.39 is 0 Å². The summed E-state index contributed by atoms with van der Waals surface area (Å²) in [7, 11) is 0. The Morgan fingerprint density at radius 3 is 2.74 bits per heavy atom. The topological polar surface area (TPSA) is 47.1 Å². The summed E-state index contributed by atoms with van der Waals surface area (Å²) in [5.41, 5.74) is 7.46. The van der Waals surface area contributed by atoms with Crippen molar-refractivity contribution in [2.75, 3.05) is 13.1 Å². The summed E-state index contributed by atoms with van der Waals surface area (Å²) in [5.74, 6) is 0. The van der Waals surface area contributed by atoms with E-state index in [0.717, 1.165) is 26.1 Å². The lowest BCUT2D eigenvalue weighted by Gasteiger charge is -2.47. The number of hydrogen-bond acceptors (Lipinski definition) is 3. The summed E-state index contributed by atoms with van der Waals surface area (Å²) in [6.45, 7) is 5.16. The molecule has 1 aromatic heterocycles. The molecular formula is C15H26N4. The van der Waals surface area contributed by atoms with E-state index in [9.17, 15) is 0 Å². The summed E-state index contributed by atoms with van der Waals surface area (Å²) >= 11 is 0. The molecule has 1 saturated carbocycles. The lowest BCUT2D eigenvalue weighted by molar-refractivity contribution is 0.0592. The third-order valence-corrected chi connectivity index (χ3v) is 4.78. The minimum absolute atomic E-state index is 0.0614.